The minimum absolute atomic E-state index is 0.0501. The molecule has 2 rings (SSSR count). The first-order valence-electron chi connectivity index (χ1n) is 9.22. The van der Waals surface area contributed by atoms with Gasteiger partial charge >= 0.3 is 0 Å². The lowest BCUT2D eigenvalue weighted by atomic mass is 10.1. The van der Waals surface area contributed by atoms with Crippen LogP contribution in [0.25, 0.3) is 0 Å². The van der Waals surface area contributed by atoms with Crippen LogP contribution in [0.2, 0.25) is 0 Å². The highest BCUT2D eigenvalue weighted by molar-refractivity contribution is 5.97. The molecule has 0 fully saturated rings. The fourth-order valence-electron chi connectivity index (χ4n) is 2.88. The van der Waals surface area contributed by atoms with E-state index in [9.17, 15) is 9.59 Å². The number of rotatable bonds is 8. The zero-order valence-corrected chi connectivity index (χ0v) is 16.6. The van der Waals surface area contributed by atoms with E-state index in [1.807, 2.05) is 61.3 Å². The molecule has 1 N–H and O–H groups in total. The fraction of sp³-hybridized carbons (Fsp3) is 0.318. The Morgan fingerprint density at radius 1 is 1.11 bits per heavy atom. The lowest BCUT2D eigenvalue weighted by Gasteiger charge is -2.30. The minimum Gasteiger partial charge on any atom is -0.355 e. The van der Waals surface area contributed by atoms with Gasteiger partial charge in [-0.2, -0.15) is 5.26 Å². The zero-order chi connectivity index (χ0) is 20.5. The lowest BCUT2D eigenvalue weighted by Crippen LogP contribution is -2.46. The molecule has 6 heteroatoms. The van der Waals surface area contributed by atoms with Gasteiger partial charge in [0, 0.05) is 31.4 Å². The number of nitrogens with zero attached hydrogens (tertiary/aromatic N) is 3. The summed E-state index contributed by atoms with van der Waals surface area (Å²) < 4.78 is 0. The number of likely N-dealkylation sites (N-methyl/N-ethyl adjacent to an activating group) is 1. The Balaban J connectivity index is 2.09. The van der Waals surface area contributed by atoms with Gasteiger partial charge in [0.2, 0.25) is 5.91 Å². The van der Waals surface area contributed by atoms with Gasteiger partial charge in [0.15, 0.2) is 0 Å². The van der Waals surface area contributed by atoms with Crippen molar-refractivity contribution in [2.75, 3.05) is 25.5 Å². The number of hydrogen-bond acceptors (Lipinski definition) is 4. The van der Waals surface area contributed by atoms with Crippen molar-refractivity contribution in [2.24, 2.45) is 0 Å². The first kappa shape index (κ1) is 21.1. The number of carbonyl (C=O) groups is 2. The molecule has 2 amide bonds. The van der Waals surface area contributed by atoms with Crippen molar-refractivity contribution in [2.45, 2.75) is 25.9 Å². The predicted molar refractivity (Wildman–Crippen MR) is 110 cm³/mol. The molecular weight excluding hydrogens is 352 g/mol. The average molecular weight is 378 g/mol. The summed E-state index contributed by atoms with van der Waals surface area (Å²) in [5.74, 6) is -0.176. The van der Waals surface area contributed by atoms with Gasteiger partial charge in [-0.3, -0.25) is 14.5 Å². The molecule has 6 nitrogen and oxygen atoms in total. The first-order valence-corrected chi connectivity index (χ1v) is 9.22. The number of para-hydroxylation sites is 1. The molecule has 0 bridgehead atoms. The Bertz CT molecular complexity index is 828. The van der Waals surface area contributed by atoms with E-state index in [-0.39, 0.29) is 24.3 Å². The van der Waals surface area contributed by atoms with Crippen molar-refractivity contribution >= 4 is 17.5 Å². The van der Waals surface area contributed by atoms with Crippen LogP contribution in [-0.4, -0.2) is 43.4 Å². The quantitative estimate of drug-likeness (QED) is 0.766. The molecule has 0 saturated heterocycles. The Hall–Kier alpha value is -3.17. The van der Waals surface area contributed by atoms with Crippen molar-refractivity contribution in [1.82, 2.24) is 10.2 Å². The predicted octanol–water partition coefficient (Wildman–Crippen LogP) is 2.81. The summed E-state index contributed by atoms with van der Waals surface area (Å²) in [6.07, 6.45) is 0.276. The maximum atomic E-state index is 13.1. The topological polar surface area (TPSA) is 76.4 Å². The lowest BCUT2D eigenvalue weighted by molar-refractivity contribution is -0.123. The number of nitriles is 1. The van der Waals surface area contributed by atoms with E-state index in [0.29, 0.717) is 18.7 Å². The first-order chi connectivity index (χ1) is 13.5. The molecule has 0 aliphatic heterocycles. The zero-order valence-electron chi connectivity index (χ0n) is 16.6. The second-order valence-electron chi connectivity index (χ2n) is 6.60. The van der Waals surface area contributed by atoms with E-state index in [2.05, 4.69) is 11.4 Å². The van der Waals surface area contributed by atoms with Crippen LogP contribution in [0.3, 0.4) is 0 Å². The van der Waals surface area contributed by atoms with E-state index in [1.165, 1.54) is 0 Å². The Morgan fingerprint density at radius 2 is 1.75 bits per heavy atom. The van der Waals surface area contributed by atoms with Crippen LogP contribution in [0.1, 0.15) is 29.3 Å². The van der Waals surface area contributed by atoms with Gasteiger partial charge in [0.1, 0.15) is 0 Å². The number of carbonyl (C=O) groups excluding carboxylic acids is 2. The molecule has 1 atom stereocenters. The van der Waals surface area contributed by atoms with Crippen LogP contribution in [0.15, 0.2) is 54.6 Å². The van der Waals surface area contributed by atoms with Gasteiger partial charge in [-0.05, 0) is 43.8 Å². The van der Waals surface area contributed by atoms with Crippen LogP contribution in [0.4, 0.5) is 5.69 Å². The molecular formula is C22H26N4O2. The van der Waals surface area contributed by atoms with Crippen molar-refractivity contribution in [3.8, 4) is 6.07 Å². The largest absolute Gasteiger partial charge is 0.355 e. The van der Waals surface area contributed by atoms with Gasteiger partial charge in [0.25, 0.3) is 5.91 Å². The molecule has 2 aromatic carbocycles. The fourth-order valence-corrected chi connectivity index (χ4v) is 2.88. The summed E-state index contributed by atoms with van der Waals surface area (Å²) in [4.78, 5) is 28.4. The highest BCUT2D eigenvalue weighted by atomic mass is 16.2. The number of nitrogens with one attached hydrogen (secondary N) is 1. The number of benzene rings is 2. The molecule has 0 aliphatic carbocycles. The molecule has 0 aromatic heterocycles. The van der Waals surface area contributed by atoms with Crippen LogP contribution < -0.4 is 10.2 Å². The Kier molecular flexibility index (Phi) is 7.73. The number of hydrogen-bond donors (Lipinski definition) is 1. The third kappa shape index (κ3) is 5.41. The maximum absolute atomic E-state index is 13.1. The van der Waals surface area contributed by atoms with Gasteiger partial charge in [-0.15, -0.1) is 0 Å². The highest BCUT2D eigenvalue weighted by Crippen LogP contribution is 2.17. The van der Waals surface area contributed by atoms with E-state index in [0.717, 1.165) is 11.3 Å². The summed E-state index contributed by atoms with van der Waals surface area (Å²) in [7, 11) is 3.49. The van der Waals surface area contributed by atoms with Crippen LogP contribution >= 0.6 is 0 Å². The minimum atomic E-state index is -0.363. The third-order valence-electron chi connectivity index (χ3n) is 4.67. The van der Waals surface area contributed by atoms with Crippen molar-refractivity contribution in [3.05, 3.63) is 65.7 Å². The van der Waals surface area contributed by atoms with Crippen molar-refractivity contribution < 1.29 is 9.59 Å². The Labute approximate surface area is 166 Å². The molecule has 0 radical (unpaired) electrons. The number of anilines is 1. The van der Waals surface area contributed by atoms with E-state index in [1.54, 1.807) is 24.1 Å². The van der Waals surface area contributed by atoms with Crippen molar-refractivity contribution in [3.63, 3.8) is 0 Å². The average Bonchev–Trinajstić information content (AvgIpc) is 2.74. The molecule has 0 saturated carbocycles. The van der Waals surface area contributed by atoms with Gasteiger partial charge in [0.05, 0.1) is 18.5 Å². The third-order valence-corrected chi connectivity index (χ3v) is 4.67. The van der Waals surface area contributed by atoms with Crippen LogP contribution in [0.5, 0.6) is 0 Å². The summed E-state index contributed by atoms with van der Waals surface area (Å²) in [6, 6.07) is 18.5. The molecule has 0 aliphatic rings. The molecule has 0 spiro atoms. The summed E-state index contributed by atoms with van der Waals surface area (Å²) in [5.41, 5.74) is 2.40. The van der Waals surface area contributed by atoms with Crippen LogP contribution in [0, 0.1) is 11.3 Å². The van der Waals surface area contributed by atoms with Gasteiger partial charge < -0.3 is 10.2 Å². The molecule has 2 aromatic rings. The molecule has 28 heavy (non-hydrogen) atoms. The van der Waals surface area contributed by atoms with Gasteiger partial charge in [-0.1, -0.05) is 30.3 Å². The van der Waals surface area contributed by atoms with E-state index >= 15 is 0 Å². The van der Waals surface area contributed by atoms with E-state index in [4.69, 9.17) is 5.26 Å². The van der Waals surface area contributed by atoms with Gasteiger partial charge in [-0.25, -0.2) is 0 Å². The van der Waals surface area contributed by atoms with Crippen LogP contribution in [-0.2, 0) is 11.3 Å². The normalized spacial score (nSPS) is 11.5. The summed E-state index contributed by atoms with van der Waals surface area (Å²) in [6.45, 7) is 2.80. The highest BCUT2D eigenvalue weighted by Gasteiger charge is 2.25. The second kappa shape index (κ2) is 10.2. The second-order valence-corrected chi connectivity index (χ2v) is 6.60. The van der Waals surface area contributed by atoms with Crippen molar-refractivity contribution in [1.29, 1.82) is 5.26 Å². The Morgan fingerprint density at radius 3 is 2.32 bits per heavy atom. The number of amides is 2. The molecule has 146 valence electrons. The maximum Gasteiger partial charge on any atom is 0.251 e. The monoisotopic (exact) mass is 378 g/mol. The van der Waals surface area contributed by atoms with E-state index < -0.39 is 0 Å². The summed E-state index contributed by atoms with van der Waals surface area (Å²) in [5, 5.41) is 11.5. The molecule has 1 unspecified atom stereocenters. The smallest absolute Gasteiger partial charge is 0.251 e. The SMILES string of the molecule is CNC(=O)c1ccc(CN(C)C(C)C(=O)N(CCC#N)c2ccccc2)cc1. The standard InChI is InChI=1S/C22H26N4O2/c1-17(22(28)26(15-7-14-23)20-8-5-4-6-9-20)25(3)16-18-10-12-19(13-11-18)21(27)24-2/h4-6,8-13,17H,7,15-16H2,1-3H3,(H,24,27). The molecule has 0 heterocycles. The summed E-state index contributed by atoms with van der Waals surface area (Å²) >= 11 is 0.